The van der Waals surface area contributed by atoms with Crippen molar-refractivity contribution in [3.8, 4) is 5.75 Å². The smallest absolute Gasteiger partial charge is 0.273 e. The molecule has 0 saturated carbocycles. The Bertz CT molecular complexity index is 950. The van der Waals surface area contributed by atoms with Crippen LogP contribution in [0.5, 0.6) is 5.75 Å². The van der Waals surface area contributed by atoms with Crippen molar-refractivity contribution in [3.63, 3.8) is 0 Å². The van der Waals surface area contributed by atoms with Crippen LogP contribution in [0.4, 0.5) is 5.69 Å². The number of pyridine rings is 1. The molecule has 1 fully saturated rings. The molecular weight excluding hydrogens is 382 g/mol. The lowest BCUT2D eigenvalue weighted by atomic mass is 10.2. The highest BCUT2D eigenvalue weighted by atomic mass is 16.5. The van der Waals surface area contributed by atoms with Gasteiger partial charge in [-0.05, 0) is 42.0 Å². The number of hydrogen-bond donors (Lipinski definition) is 1. The van der Waals surface area contributed by atoms with E-state index in [1.807, 2.05) is 24.3 Å². The zero-order valence-corrected chi connectivity index (χ0v) is 17.0. The predicted octanol–water partition coefficient (Wildman–Crippen LogP) is 2.33. The summed E-state index contributed by atoms with van der Waals surface area (Å²) in [5.74, 6) is 1.18. The number of nitrogens with zero attached hydrogens (tertiary/aromatic N) is 4. The van der Waals surface area contributed by atoms with E-state index in [0.29, 0.717) is 24.7 Å². The number of carbonyl (C=O) groups is 1. The first-order valence-corrected chi connectivity index (χ1v) is 9.94. The summed E-state index contributed by atoms with van der Waals surface area (Å²) in [5, 5.41) is 2.85. The second-order valence-corrected chi connectivity index (χ2v) is 7.13. The molecular formula is C22H25N5O3. The number of benzene rings is 1. The highest BCUT2D eigenvalue weighted by Crippen LogP contribution is 2.21. The van der Waals surface area contributed by atoms with Gasteiger partial charge in [-0.3, -0.25) is 14.7 Å². The monoisotopic (exact) mass is 407 g/mol. The Labute approximate surface area is 175 Å². The Morgan fingerprint density at radius 2 is 1.83 bits per heavy atom. The first kappa shape index (κ1) is 19.9. The number of methoxy groups -OCH3 is 1. The van der Waals surface area contributed by atoms with Crippen LogP contribution in [0, 0.1) is 0 Å². The number of carbonyl (C=O) groups excluding carboxylic acids is 1. The standard InChI is InChI=1S/C22H25N5O3/c1-29-19-4-2-18(3-5-19)27-12-10-26(11-13-27)15-21-25-20(16-30-21)22(28)24-14-17-6-8-23-9-7-17/h2-9,16H,10-15H2,1H3,(H,24,28). The second kappa shape index (κ2) is 9.41. The minimum Gasteiger partial charge on any atom is -0.497 e. The summed E-state index contributed by atoms with van der Waals surface area (Å²) >= 11 is 0. The van der Waals surface area contributed by atoms with Crippen LogP contribution >= 0.6 is 0 Å². The summed E-state index contributed by atoms with van der Waals surface area (Å²) in [6, 6.07) is 11.9. The fraction of sp³-hybridized carbons (Fsp3) is 0.318. The lowest BCUT2D eigenvalue weighted by Gasteiger charge is -2.35. The van der Waals surface area contributed by atoms with Crippen LogP contribution in [0.2, 0.25) is 0 Å². The van der Waals surface area contributed by atoms with E-state index in [4.69, 9.17) is 9.15 Å². The van der Waals surface area contributed by atoms with Gasteiger partial charge in [0.15, 0.2) is 5.69 Å². The molecule has 0 radical (unpaired) electrons. The number of hydrogen-bond acceptors (Lipinski definition) is 7. The number of amides is 1. The molecule has 4 rings (SSSR count). The van der Waals surface area contributed by atoms with E-state index < -0.39 is 0 Å². The fourth-order valence-corrected chi connectivity index (χ4v) is 3.41. The van der Waals surface area contributed by atoms with Gasteiger partial charge >= 0.3 is 0 Å². The van der Waals surface area contributed by atoms with Gasteiger partial charge in [-0.15, -0.1) is 0 Å². The largest absolute Gasteiger partial charge is 0.497 e. The molecule has 0 spiro atoms. The molecule has 1 amide bonds. The molecule has 30 heavy (non-hydrogen) atoms. The third-order valence-corrected chi connectivity index (χ3v) is 5.16. The average molecular weight is 407 g/mol. The van der Waals surface area contributed by atoms with Crippen LogP contribution in [0.1, 0.15) is 21.9 Å². The molecule has 1 aliphatic heterocycles. The first-order valence-electron chi connectivity index (χ1n) is 9.94. The Balaban J connectivity index is 1.25. The van der Waals surface area contributed by atoms with Crippen LogP contribution in [0.3, 0.4) is 0 Å². The van der Waals surface area contributed by atoms with Crippen LogP contribution in [-0.2, 0) is 13.1 Å². The third-order valence-electron chi connectivity index (χ3n) is 5.16. The Hall–Kier alpha value is -3.39. The van der Waals surface area contributed by atoms with Crippen molar-refractivity contribution in [1.29, 1.82) is 0 Å². The van der Waals surface area contributed by atoms with Gasteiger partial charge in [0.2, 0.25) is 5.89 Å². The van der Waals surface area contributed by atoms with Gasteiger partial charge in [0, 0.05) is 50.8 Å². The first-order chi connectivity index (χ1) is 14.7. The predicted molar refractivity (Wildman–Crippen MR) is 112 cm³/mol. The van der Waals surface area contributed by atoms with Crippen molar-refractivity contribution in [1.82, 2.24) is 20.2 Å². The molecule has 0 unspecified atom stereocenters. The van der Waals surface area contributed by atoms with Crippen molar-refractivity contribution in [2.75, 3.05) is 38.2 Å². The third kappa shape index (κ3) is 4.96. The van der Waals surface area contributed by atoms with Gasteiger partial charge in [-0.2, -0.15) is 0 Å². The van der Waals surface area contributed by atoms with E-state index in [1.54, 1.807) is 19.5 Å². The number of piperazine rings is 1. The second-order valence-electron chi connectivity index (χ2n) is 7.13. The topological polar surface area (TPSA) is 83.7 Å². The summed E-state index contributed by atoms with van der Waals surface area (Å²) in [7, 11) is 1.67. The highest BCUT2D eigenvalue weighted by Gasteiger charge is 2.20. The SMILES string of the molecule is COc1ccc(N2CCN(Cc3nc(C(=O)NCc4ccncc4)co3)CC2)cc1. The van der Waals surface area contributed by atoms with Crippen molar-refractivity contribution in [2.24, 2.45) is 0 Å². The summed E-state index contributed by atoms with van der Waals surface area (Å²) in [6.07, 6.45) is 4.82. The van der Waals surface area contributed by atoms with Crippen LogP contribution in [0.25, 0.3) is 0 Å². The molecule has 1 aromatic carbocycles. The molecule has 1 N–H and O–H groups in total. The Morgan fingerprint density at radius 3 is 2.53 bits per heavy atom. The van der Waals surface area contributed by atoms with Crippen LogP contribution in [0.15, 0.2) is 59.5 Å². The van der Waals surface area contributed by atoms with Gasteiger partial charge in [-0.25, -0.2) is 4.98 Å². The zero-order chi connectivity index (χ0) is 20.8. The number of rotatable bonds is 7. The molecule has 1 saturated heterocycles. The minimum absolute atomic E-state index is 0.244. The van der Waals surface area contributed by atoms with Gasteiger partial charge < -0.3 is 19.4 Å². The number of anilines is 1. The summed E-state index contributed by atoms with van der Waals surface area (Å²) in [4.78, 5) is 25.2. The van der Waals surface area contributed by atoms with Gasteiger partial charge in [0.25, 0.3) is 5.91 Å². The molecule has 8 heteroatoms. The van der Waals surface area contributed by atoms with E-state index in [9.17, 15) is 4.79 Å². The fourth-order valence-electron chi connectivity index (χ4n) is 3.41. The van der Waals surface area contributed by atoms with Gasteiger partial charge in [0.05, 0.1) is 13.7 Å². The lowest BCUT2D eigenvalue weighted by Crippen LogP contribution is -2.46. The van der Waals surface area contributed by atoms with E-state index >= 15 is 0 Å². The number of aromatic nitrogens is 2. The molecule has 0 bridgehead atoms. The van der Waals surface area contributed by atoms with E-state index in [-0.39, 0.29) is 5.91 Å². The maximum atomic E-state index is 12.3. The molecule has 1 aliphatic rings. The molecule has 3 aromatic rings. The lowest BCUT2D eigenvalue weighted by molar-refractivity contribution is 0.0945. The van der Waals surface area contributed by atoms with Crippen LogP contribution < -0.4 is 15.0 Å². The summed E-state index contributed by atoms with van der Waals surface area (Å²) < 4.78 is 10.7. The van der Waals surface area contributed by atoms with E-state index in [1.165, 1.54) is 12.0 Å². The summed E-state index contributed by atoms with van der Waals surface area (Å²) in [6.45, 7) is 4.67. The van der Waals surface area contributed by atoms with Gasteiger partial charge in [0.1, 0.15) is 12.0 Å². The molecule has 156 valence electrons. The number of nitrogens with one attached hydrogen (secondary N) is 1. The van der Waals surface area contributed by atoms with E-state index in [2.05, 4.69) is 37.2 Å². The molecule has 2 aromatic heterocycles. The average Bonchev–Trinajstić information content (AvgIpc) is 3.27. The minimum atomic E-state index is -0.244. The summed E-state index contributed by atoms with van der Waals surface area (Å²) in [5.41, 5.74) is 2.48. The van der Waals surface area contributed by atoms with Crippen LogP contribution in [-0.4, -0.2) is 54.1 Å². The molecule has 0 atom stereocenters. The normalized spacial score (nSPS) is 14.5. The zero-order valence-electron chi connectivity index (χ0n) is 17.0. The van der Waals surface area contributed by atoms with E-state index in [0.717, 1.165) is 37.5 Å². The Kier molecular flexibility index (Phi) is 6.24. The molecule has 0 aliphatic carbocycles. The molecule has 8 nitrogen and oxygen atoms in total. The maximum Gasteiger partial charge on any atom is 0.273 e. The van der Waals surface area contributed by atoms with Crippen molar-refractivity contribution >= 4 is 11.6 Å². The quantitative estimate of drug-likeness (QED) is 0.643. The van der Waals surface area contributed by atoms with Crippen molar-refractivity contribution in [2.45, 2.75) is 13.1 Å². The van der Waals surface area contributed by atoms with Crippen molar-refractivity contribution < 1.29 is 13.9 Å². The maximum absolute atomic E-state index is 12.3. The highest BCUT2D eigenvalue weighted by molar-refractivity contribution is 5.91. The molecule has 3 heterocycles. The van der Waals surface area contributed by atoms with Gasteiger partial charge in [-0.1, -0.05) is 0 Å². The number of ether oxygens (including phenoxy) is 1. The Morgan fingerprint density at radius 1 is 1.10 bits per heavy atom. The number of oxazole rings is 1. The van der Waals surface area contributed by atoms with Crippen molar-refractivity contribution in [3.05, 3.63) is 72.2 Å².